The summed E-state index contributed by atoms with van der Waals surface area (Å²) in [4.78, 5) is 22.8. The van der Waals surface area contributed by atoms with Crippen LogP contribution in [0.3, 0.4) is 0 Å². The van der Waals surface area contributed by atoms with Gasteiger partial charge in [0, 0.05) is 30.4 Å². The molecule has 0 unspecified atom stereocenters. The van der Waals surface area contributed by atoms with E-state index in [1.54, 1.807) is 30.3 Å². The van der Waals surface area contributed by atoms with Gasteiger partial charge in [-0.1, -0.05) is 11.6 Å². The molecule has 1 amide bonds. The average molecular weight is 363 g/mol. The highest BCUT2D eigenvalue weighted by molar-refractivity contribution is 6.31. The van der Waals surface area contributed by atoms with E-state index in [1.165, 1.54) is 0 Å². The first kappa shape index (κ1) is 17.4. The zero-order valence-electron chi connectivity index (χ0n) is 14.1. The van der Waals surface area contributed by atoms with Gasteiger partial charge < -0.3 is 19.7 Å². The quantitative estimate of drug-likeness (QED) is 0.901. The molecule has 2 aromatic rings. The topological polar surface area (TPSA) is 76.6 Å². The van der Waals surface area contributed by atoms with E-state index in [0.29, 0.717) is 54.4 Å². The van der Waals surface area contributed by atoms with Crippen molar-refractivity contribution in [2.45, 2.75) is 6.92 Å². The number of hydrogen-bond donors (Lipinski definition) is 1. The Hall–Kier alpha value is -2.38. The Morgan fingerprint density at radius 1 is 1.36 bits per heavy atom. The van der Waals surface area contributed by atoms with Gasteiger partial charge in [-0.3, -0.25) is 4.79 Å². The van der Waals surface area contributed by atoms with Crippen LogP contribution in [-0.2, 0) is 4.74 Å². The molecular weight excluding hydrogens is 344 g/mol. The molecule has 1 aromatic carbocycles. The summed E-state index contributed by atoms with van der Waals surface area (Å²) in [7, 11) is 1.56. The van der Waals surface area contributed by atoms with Crippen LogP contribution in [0.25, 0.3) is 0 Å². The zero-order valence-corrected chi connectivity index (χ0v) is 14.8. The predicted molar refractivity (Wildman–Crippen MR) is 94.8 cm³/mol. The molecule has 1 aliphatic heterocycles. The van der Waals surface area contributed by atoms with Gasteiger partial charge in [-0.25, -0.2) is 9.97 Å². The van der Waals surface area contributed by atoms with E-state index >= 15 is 0 Å². The van der Waals surface area contributed by atoms with E-state index in [1.807, 2.05) is 13.0 Å². The molecule has 1 aromatic heterocycles. The van der Waals surface area contributed by atoms with Crippen molar-refractivity contribution < 1.29 is 14.3 Å². The molecule has 0 bridgehead atoms. The molecular formula is C17H19ClN4O3. The van der Waals surface area contributed by atoms with Crippen molar-refractivity contribution in [2.75, 3.05) is 38.7 Å². The third-order valence-corrected chi connectivity index (χ3v) is 4.31. The summed E-state index contributed by atoms with van der Waals surface area (Å²) < 4.78 is 10.6. The number of anilines is 2. The zero-order chi connectivity index (χ0) is 17.8. The number of aryl methyl sites for hydroxylation is 1. The summed E-state index contributed by atoms with van der Waals surface area (Å²) in [6.45, 7) is 4.12. The monoisotopic (exact) mass is 362 g/mol. The first-order valence-corrected chi connectivity index (χ1v) is 8.27. The summed E-state index contributed by atoms with van der Waals surface area (Å²) in [5.41, 5.74) is 1.91. The Balaban J connectivity index is 1.82. The lowest BCUT2D eigenvalue weighted by Crippen LogP contribution is -2.41. The molecule has 3 rings (SSSR count). The Morgan fingerprint density at radius 2 is 2.12 bits per heavy atom. The van der Waals surface area contributed by atoms with E-state index < -0.39 is 0 Å². The Bertz CT molecular complexity index is 778. The van der Waals surface area contributed by atoms with Gasteiger partial charge in [-0.2, -0.15) is 0 Å². The molecule has 2 heterocycles. The van der Waals surface area contributed by atoms with E-state index in [-0.39, 0.29) is 5.91 Å². The fourth-order valence-electron chi connectivity index (χ4n) is 2.52. The maximum absolute atomic E-state index is 12.5. The highest BCUT2D eigenvalue weighted by atomic mass is 35.5. The highest BCUT2D eigenvalue weighted by Gasteiger charge is 2.20. The maximum atomic E-state index is 12.5. The number of carbonyl (C=O) groups excluding carboxylic acids is 1. The molecule has 25 heavy (non-hydrogen) atoms. The predicted octanol–water partition coefficient (Wildman–Crippen LogP) is 2.66. The minimum Gasteiger partial charge on any atom is -0.495 e. The number of nitrogens with zero attached hydrogens (tertiary/aromatic N) is 3. The second-order valence-electron chi connectivity index (χ2n) is 5.60. The summed E-state index contributed by atoms with van der Waals surface area (Å²) in [5.74, 6) is 0.760. The molecule has 8 heteroatoms. The highest BCUT2D eigenvalue weighted by Crippen LogP contribution is 2.32. The van der Waals surface area contributed by atoms with Crippen LogP contribution in [0.15, 0.2) is 24.4 Å². The standard InChI is InChI=1S/C17H19ClN4O3/c1-11-9-14(15(24-2)10-12(11)18)21-17-19-4-3-13(20-17)16(23)22-5-7-25-8-6-22/h3-4,9-10H,5-8H2,1-2H3,(H,19,20,21). The van der Waals surface area contributed by atoms with Crippen molar-refractivity contribution in [1.82, 2.24) is 14.9 Å². The average Bonchev–Trinajstić information content (AvgIpc) is 2.65. The third-order valence-electron chi connectivity index (χ3n) is 3.90. The number of nitrogens with one attached hydrogen (secondary N) is 1. The van der Waals surface area contributed by atoms with Crippen LogP contribution >= 0.6 is 11.6 Å². The Kier molecular flexibility index (Phi) is 5.35. The number of amides is 1. The van der Waals surface area contributed by atoms with Crippen LogP contribution in [0, 0.1) is 6.92 Å². The molecule has 0 saturated carbocycles. The van der Waals surface area contributed by atoms with Gasteiger partial charge in [0.1, 0.15) is 11.4 Å². The van der Waals surface area contributed by atoms with Crippen molar-refractivity contribution in [1.29, 1.82) is 0 Å². The Labute approximate surface area is 150 Å². The number of rotatable bonds is 4. The molecule has 1 saturated heterocycles. The van der Waals surface area contributed by atoms with Gasteiger partial charge in [0.15, 0.2) is 0 Å². The maximum Gasteiger partial charge on any atom is 0.272 e. The largest absolute Gasteiger partial charge is 0.495 e. The normalized spacial score (nSPS) is 14.3. The second-order valence-corrected chi connectivity index (χ2v) is 6.00. The molecule has 0 aliphatic carbocycles. The third kappa shape index (κ3) is 4.00. The van der Waals surface area contributed by atoms with Crippen molar-refractivity contribution >= 4 is 29.1 Å². The lowest BCUT2D eigenvalue weighted by Gasteiger charge is -2.26. The van der Waals surface area contributed by atoms with Gasteiger partial charge in [0.25, 0.3) is 5.91 Å². The first-order valence-electron chi connectivity index (χ1n) is 7.89. The van der Waals surface area contributed by atoms with Crippen molar-refractivity contribution in [2.24, 2.45) is 0 Å². The fourth-order valence-corrected chi connectivity index (χ4v) is 2.67. The van der Waals surface area contributed by atoms with Gasteiger partial charge in [-0.15, -0.1) is 0 Å². The van der Waals surface area contributed by atoms with E-state index in [2.05, 4.69) is 15.3 Å². The molecule has 0 spiro atoms. The molecule has 7 nitrogen and oxygen atoms in total. The number of ether oxygens (including phenoxy) is 2. The van der Waals surface area contributed by atoms with Crippen LogP contribution in [0.4, 0.5) is 11.6 Å². The van der Waals surface area contributed by atoms with Crippen LogP contribution in [0.2, 0.25) is 5.02 Å². The van der Waals surface area contributed by atoms with Gasteiger partial charge in [-0.05, 0) is 24.6 Å². The molecule has 1 N–H and O–H groups in total. The fraction of sp³-hybridized carbons (Fsp3) is 0.353. The smallest absolute Gasteiger partial charge is 0.272 e. The molecule has 0 atom stereocenters. The molecule has 1 fully saturated rings. The van der Waals surface area contributed by atoms with E-state index in [0.717, 1.165) is 5.56 Å². The van der Waals surface area contributed by atoms with Gasteiger partial charge >= 0.3 is 0 Å². The lowest BCUT2D eigenvalue weighted by molar-refractivity contribution is 0.0299. The van der Waals surface area contributed by atoms with Crippen molar-refractivity contribution in [3.05, 3.63) is 40.7 Å². The van der Waals surface area contributed by atoms with Crippen molar-refractivity contribution in [3.63, 3.8) is 0 Å². The van der Waals surface area contributed by atoms with Crippen LogP contribution < -0.4 is 10.1 Å². The van der Waals surface area contributed by atoms with E-state index in [4.69, 9.17) is 21.1 Å². The number of carbonyl (C=O) groups is 1. The van der Waals surface area contributed by atoms with Gasteiger partial charge in [0.2, 0.25) is 5.95 Å². The van der Waals surface area contributed by atoms with Crippen molar-refractivity contribution in [3.8, 4) is 5.75 Å². The Morgan fingerprint density at radius 3 is 2.84 bits per heavy atom. The minimum absolute atomic E-state index is 0.131. The second kappa shape index (κ2) is 7.67. The summed E-state index contributed by atoms with van der Waals surface area (Å²) in [6.07, 6.45) is 1.55. The van der Waals surface area contributed by atoms with Crippen LogP contribution in [0.1, 0.15) is 16.1 Å². The van der Waals surface area contributed by atoms with Gasteiger partial charge in [0.05, 0.1) is 26.0 Å². The lowest BCUT2D eigenvalue weighted by atomic mass is 10.2. The number of benzene rings is 1. The number of morpholine rings is 1. The SMILES string of the molecule is COc1cc(Cl)c(C)cc1Nc1nccc(C(=O)N2CCOCC2)n1. The summed E-state index contributed by atoms with van der Waals surface area (Å²) in [6, 6.07) is 5.18. The van der Waals surface area contributed by atoms with Crippen LogP contribution in [0.5, 0.6) is 5.75 Å². The number of methoxy groups -OCH3 is 1. The molecule has 0 radical (unpaired) electrons. The first-order chi connectivity index (χ1) is 12.1. The number of aromatic nitrogens is 2. The number of halogens is 1. The van der Waals surface area contributed by atoms with E-state index in [9.17, 15) is 4.79 Å². The molecule has 1 aliphatic rings. The number of hydrogen-bond acceptors (Lipinski definition) is 6. The minimum atomic E-state index is -0.131. The molecule has 132 valence electrons. The van der Waals surface area contributed by atoms with Crippen LogP contribution in [-0.4, -0.2) is 54.2 Å². The summed E-state index contributed by atoms with van der Waals surface area (Å²) >= 11 is 6.12. The summed E-state index contributed by atoms with van der Waals surface area (Å²) in [5, 5.41) is 3.70.